The average Bonchev–Trinajstić information content (AvgIpc) is 2.36. The van der Waals surface area contributed by atoms with Gasteiger partial charge < -0.3 is 9.47 Å². The van der Waals surface area contributed by atoms with Crippen LogP contribution in [0.5, 0.6) is 11.5 Å². The van der Waals surface area contributed by atoms with E-state index in [0.29, 0.717) is 5.92 Å². The van der Waals surface area contributed by atoms with Crippen molar-refractivity contribution in [3.63, 3.8) is 0 Å². The Morgan fingerprint density at radius 3 is 2.06 bits per heavy atom. The normalized spacial score (nSPS) is 11.3. The molecule has 0 bridgehead atoms. The summed E-state index contributed by atoms with van der Waals surface area (Å²) < 4.78 is 10.9. The van der Waals surface area contributed by atoms with Gasteiger partial charge >= 0.3 is 0 Å². The highest BCUT2D eigenvalue weighted by Crippen LogP contribution is 2.37. The number of methoxy groups -OCH3 is 2. The largest absolute Gasteiger partial charge is 0.496 e. The number of nitriles is 1. The minimum Gasteiger partial charge on any atom is -0.496 e. The maximum Gasteiger partial charge on any atom is 0.126 e. The van der Waals surface area contributed by atoms with Gasteiger partial charge in [-0.15, -0.1) is 0 Å². The van der Waals surface area contributed by atoms with E-state index < -0.39 is 0 Å². The smallest absolute Gasteiger partial charge is 0.126 e. The van der Waals surface area contributed by atoms with Crippen LogP contribution in [0.3, 0.4) is 0 Å². The molecule has 0 spiro atoms. The number of hydrogen-bond acceptors (Lipinski definition) is 3. The van der Waals surface area contributed by atoms with Crippen molar-refractivity contribution in [2.75, 3.05) is 14.2 Å². The summed E-state index contributed by atoms with van der Waals surface area (Å²) in [5.74, 6) is 1.90. The maximum absolute atomic E-state index is 8.70. The van der Waals surface area contributed by atoms with Crippen molar-refractivity contribution in [1.29, 1.82) is 5.26 Å². The van der Waals surface area contributed by atoms with Crippen molar-refractivity contribution < 1.29 is 9.47 Å². The molecule has 0 radical (unpaired) electrons. The molecule has 0 N–H and O–H groups in total. The molecule has 3 heteroatoms. The predicted octanol–water partition coefficient (Wildman–Crippen LogP) is 3.75. The number of hydrogen-bond donors (Lipinski definition) is 0. The number of rotatable bonds is 4. The van der Waals surface area contributed by atoms with Crippen molar-refractivity contribution >= 4 is 5.57 Å². The van der Waals surface area contributed by atoms with E-state index in [9.17, 15) is 0 Å². The molecule has 0 unspecified atom stereocenters. The molecule has 0 aliphatic heterocycles. The van der Waals surface area contributed by atoms with Crippen LogP contribution in [0.2, 0.25) is 0 Å². The summed E-state index contributed by atoms with van der Waals surface area (Å²) >= 11 is 0. The van der Waals surface area contributed by atoms with Crippen molar-refractivity contribution in [2.45, 2.75) is 26.7 Å². The lowest BCUT2D eigenvalue weighted by Gasteiger charge is -2.18. The highest BCUT2D eigenvalue weighted by atomic mass is 16.5. The van der Waals surface area contributed by atoms with Gasteiger partial charge in [0.2, 0.25) is 0 Å². The standard InChI is InChI=1S/C15H19NO2/c1-10(2)15-13(17-4)8-12(9-14(15)18-5)11(3)6-7-16/h6,8-10H,1-5H3/b11-6+. The van der Waals surface area contributed by atoms with Crippen LogP contribution in [0.1, 0.15) is 37.8 Å². The lowest BCUT2D eigenvalue weighted by molar-refractivity contribution is 0.381. The second-order valence-corrected chi connectivity index (χ2v) is 4.41. The molecule has 1 aromatic rings. The Morgan fingerprint density at radius 1 is 1.22 bits per heavy atom. The molecule has 0 amide bonds. The van der Waals surface area contributed by atoms with Gasteiger partial charge in [0.15, 0.2) is 0 Å². The Kier molecular flexibility index (Phi) is 4.79. The summed E-state index contributed by atoms with van der Waals surface area (Å²) in [5, 5.41) is 8.70. The van der Waals surface area contributed by atoms with E-state index in [0.717, 1.165) is 28.2 Å². The van der Waals surface area contributed by atoms with E-state index >= 15 is 0 Å². The summed E-state index contributed by atoms with van der Waals surface area (Å²) in [7, 11) is 3.29. The van der Waals surface area contributed by atoms with Crippen LogP contribution < -0.4 is 9.47 Å². The summed E-state index contributed by atoms with van der Waals surface area (Å²) in [6, 6.07) is 5.93. The first kappa shape index (κ1) is 14.1. The van der Waals surface area contributed by atoms with Crippen LogP contribution in [-0.4, -0.2) is 14.2 Å². The van der Waals surface area contributed by atoms with Gasteiger partial charge in [0.1, 0.15) is 11.5 Å². The Morgan fingerprint density at radius 2 is 1.72 bits per heavy atom. The van der Waals surface area contributed by atoms with Gasteiger partial charge in [0.05, 0.1) is 20.3 Å². The van der Waals surface area contributed by atoms with Crippen molar-refractivity contribution in [3.8, 4) is 17.6 Å². The molecular formula is C15H19NO2. The Bertz CT molecular complexity index is 471. The van der Waals surface area contributed by atoms with Crippen LogP contribution in [-0.2, 0) is 0 Å². The average molecular weight is 245 g/mol. The maximum atomic E-state index is 8.70. The highest BCUT2D eigenvalue weighted by molar-refractivity contribution is 5.70. The topological polar surface area (TPSA) is 42.2 Å². The molecule has 0 aliphatic rings. The van der Waals surface area contributed by atoms with E-state index in [2.05, 4.69) is 13.8 Å². The molecular weight excluding hydrogens is 226 g/mol. The van der Waals surface area contributed by atoms with E-state index in [1.54, 1.807) is 14.2 Å². The second-order valence-electron chi connectivity index (χ2n) is 4.41. The minimum absolute atomic E-state index is 0.309. The molecule has 18 heavy (non-hydrogen) atoms. The SMILES string of the molecule is COc1cc(/C(C)=C/C#N)cc(OC)c1C(C)C. The van der Waals surface area contributed by atoms with Crippen molar-refractivity contribution in [3.05, 3.63) is 29.3 Å². The van der Waals surface area contributed by atoms with E-state index in [1.807, 2.05) is 25.1 Å². The van der Waals surface area contributed by atoms with Crippen molar-refractivity contribution in [2.24, 2.45) is 0 Å². The molecule has 3 nitrogen and oxygen atoms in total. The van der Waals surface area contributed by atoms with Gasteiger partial charge in [-0.25, -0.2) is 0 Å². The fourth-order valence-electron chi connectivity index (χ4n) is 1.92. The zero-order valence-electron chi connectivity index (χ0n) is 11.6. The van der Waals surface area contributed by atoms with Gasteiger partial charge in [0, 0.05) is 11.6 Å². The summed E-state index contributed by atoms with van der Waals surface area (Å²) in [4.78, 5) is 0. The molecule has 0 aromatic heterocycles. The van der Waals surface area contributed by atoms with E-state index in [4.69, 9.17) is 14.7 Å². The van der Waals surface area contributed by atoms with Crippen LogP contribution >= 0.6 is 0 Å². The van der Waals surface area contributed by atoms with Crippen LogP contribution in [0.25, 0.3) is 5.57 Å². The van der Waals surface area contributed by atoms with Crippen LogP contribution in [0.15, 0.2) is 18.2 Å². The zero-order chi connectivity index (χ0) is 13.7. The van der Waals surface area contributed by atoms with Gasteiger partial charge in [0.25, 0.3) is 0 Å². The molecule has 0 fully saturated rings. The van der Waals surface area contributed by atoms with Crippen LogP contribution in [0.4, 0.5) is 0 Å². The predicted molar refractivity (Wildman–Crippen MR) is 72.9 cm³/mol. The lowest BCUT2D eigenvalue weighted by atomic mass is 9.96. The molecule has 0 aliphatic carbocycles. The van der Waals surface area contributed by atoms with Gasteiger partial charge in [-0.2, -0.15) is 5.26 Å². The molecule has 0 saturated carbocycles. The first-order valence-electron chi connectivity index (χ1n) is 5.87. The number of allylic oxidation sites excluding steroid dienone is 2. The first-order valence-corrected chi connectivity index (χ1v) is 5.87. The number of ether oxygens (including phenoxy) is 2. The molecule has 0 atom stereocenters. The van der Waals surface area contributed by atoms with Gasteiger partial charge in [-0.1, -0.05) is 13.8 Å². The highest BCUT2D eigenvalue weighted by Gasteiger charge is 2.16. The van der Waals surface area contributed by atoms with Gasteiger partial charge in [-0.3, -0.25) is 0 Å². The summed E-state index contributed by atoms with van der Waals surface area (Å²) in [6.07, 6.45) is 1.52. The van der Waals surface area contributed by atoms with Crippen molar-refractivity contribution in [1.82, 2.24) is 0 Å². The second kappa shape index (κ2) is 6.11. The molecule has 96 valence electrons. The lowest BCUT2D eigenvalue weighted by Crippen LogP contribution is -2.00. The Balaban J connectivity index is 3.45. The van der Waals surface area contributed by atoms with E-state index in [-0.39, 0.29) is 0 Å². The quantitative estimate of drug-likeness (QED) is 0.758. The summed E-state index contributed by atoms with van der Waals surface area (Å²) in [5.41, 5.74) is 2.88. The molecule has 1 rings (SSSR count). The zero-order valence-corrected chi connectivity index (χ0v) is 11.6. The van der Waals surface area contributed by atoms with Crippen LogP contribution in [0, 0.1) is 11.3 Å². The fourth-order valence-corrected chi connectivity index (χ4v) is 1.92. The molecule has 0 saturated heterocycles. The van der Waals surface area contributed by atoms with Gasteiger partial charge in [-0.05, 0) is 36.1 Å². The number of benzene rings is 1. The third-order valence-electron chi connectivity index (χ3n) is 2.86. The third-order valence-corrected chi connectivity index (χ3v) is 2.86. The monoisotopic (exact) mass is 245 g/mol. The third kappa shape index (κ3) is 2.84. The minimum atomic E-state index is 0.309. The Hall–Kier alpha value is -1.95. The fraction of sp³-hybridized carbons (Fsp3) is 0.400. The molecule has 0 heterocycles. The van der Waals surface area contributed by atoms with E-state index in [1.165, 1.54) is 6.08 Å². The summed E-state index contributed by atoms with van der Waals surface area (Å²) in [6.45, 7) is 6.09. The first-order chi connectivity index (χ1) is 8.54. The number of nitrogens with zero attached hydrogens (tertiary/aromatic N) is 1. The molecule has 1 aromatic carbocycles. The Labute approximate surface area is 109 Å².